The maximum absolute atomic E-state index is 11.1. The second-order valence-corrected chi connectivity index (χ2v) is 8.78. The normalized spacial score (nSPS) is 23.0. The Morgan fingerprint density at radius 1 is 1.35 bits per heavy atom. The Hall–Kier alpha value is -0.0900. The largest absolute Gasteiger partial charge is 0.357 e. The number of guanidine groups is 1. The summed E-state index contributed by atoms with van der Waals surface area (Å²) in [5.41, 5.74) is 0. The monoisotopic (exact) mass is 460 g/mol. The summed E-state index contributed by atoms with van der Waals surface area (Å²) in [4.78, 5) is 6.96. The average Bonchev–Trinajstić information content (AvgIpc) is 2.75. The zero-order chi connectivity index (χ0) is 16.8. The highest BCUT2D eigenvalue weighted by atomic mass is 127. The Morgan fingerprint density at radius 3 is 2.48 bits per heavy atom. The third-order valence-corrected chi connectivity index (χ3v) is 5.01. The number of rotatable bonds is 7. The molecule has 0 bridgehead atoms. The SMILES string of the molecule is CCNC(=NCCCS(C)(=O)=O)NC1CN(C(C)C)CC1C.I. The minimum atomic E-state index is -2.90. The summed E-state index contributed by atoms with van der Waals surface area (Å²) in [6.45, 7) is 12.2. The molecule has 0 amide bonds. The highest BCUT2D eigenvalue weighted by Crippen LogP contribution is 2.18. The van der Waals surface area contributed by atoms with E-state index in [4.69, 9.17) is 0 Å². The van der Waals surface area contributed by atoms with Gasteiger partial charge in [-0.25, -0.2) is 8.42 Å². The first kappa shape index (κ1) is 22.9. The van der Waals surface area contributed by atoms with E-state index in [1.807, 2.05) is 6.92 Å². The molecule has 2 atom stereocenters. The standard InChI is InChI=1S/C15H32N4O2S.HI/c1-6-16-15(17-8-7-9-22(5,20)21)18-14-11-19(12(2)3)10-13(14)4;/h12-14H,6-11H2,1-5H3,(H2,16,17,18);1H. The third-order valence-electron chi connectivity index (χ3n) is 3.98. The molecule has 0 aromatic carbocycles. The van der Waals surface area contributed by atoms with E-state index in [2.05, 4.69) is 41.3 Å². The van der Waals surface area contributed by atoms with E-state index in [-0.39, 0.29) is 29.7 Å². The summed E-state index contributed by atoms with van der Waals surface area (Å²) in [5.74, 6) is 1.55. The fourth-order valence-electron chi connectivity index (χ4n) is 2.63. The molecule has 23 heavy (non-hydrogen) atoms. The molecule has 6 nitrogen and oxygen atoms in total. The second kappa shape index (κ2) is 10.7. The number of hydrogen-bond acceptors (Lipinski definition) is 4. The molecule has 0 spiro atoms. The number of hydrogen-bond donors (Lipinski definition) is 2. The van der Waals surface area contributed by atoms with Gasteiger partial charge < -0.3 is 10.6 Å². The minimum Gasteiger partial charge on any atom is -0.357 e. The van der Waals surface area contributed by atoms with Crippen LogP contribution < -0.4 is 10.6 Å². The van der Waals surface area contributed by atoms with Crippen LogP contribution in [0.4, 0.5) is 0 Å². The first-order valence-corrected chi connectivity index (χ1v) is 10.3. The summed E-state index contributed by atoms with van der Waals surface area (Å²) in [7, 11) is -2.90. The van der Waals surface area contributed by atoms with Crippen molar-refractivity contribution in [1.29, 1.82) is 0 Å². The summed E-state index contributed by atoms with van der Waals surface area (Å²) < 4.78 is 22.3. The van der Waals surface area contributed by atoms with E-state index < -0.39 is 9.84 Å². The number of aliphatic imine (C=N–C) groups is 1. The van der Waals surface area contributed by atoms with Crippen molar-refractivity contribution in [3.63, 3.8) is 0 Å². The Bertz CT molecular complexity index is 468. The Balaban J connectivity index is 0.00000484. The summed E-state index contributed by atoms with van der Waals surface area (Å²) in [5, 5.41) is 6.74. The Morgan fingerprint density at radius 2 is 2.00 bits per heavy atom. The quantitative estimate of drug-likeness (QED) is 0.260. The van der Waals surface area contributed by atoms with E-state index in [0.717, 1.165) is 25.6 Å². The average molecular weight is 460 g/mol. The van der Waals surface area contributed by atoms with Crippen molar-refractivity contribution in [2.45, 2.75) is 46.2 Å². The summed E-state index contributed by atoms with van der Waals surface area (Å²) >= 11 is 0. The zero-order valence-electron chi connectivity index (χ0n) is 15.0. The molecule has 0 radical (unpaired) electrons. The van der Waals surface area contributed by atoms with Gasteiger partial charge in [-0.3, -0.25) is 9.89 Å². The minimum absolute atomic E-state index is 0. The first-order chi connectivity index (χ1) is 10.2. The predicted octanol–water partition coefficient (Wildman–Crippen LogP) is 1.32. The van der Waals surface area contributed by atoms with Crippen molar-refractivity contribution in [2.75, 3.05) is 38.2 Å². The number of nitrogens with zero attached hydrogens (tertiary/aromatic N) is 2. The van der Waals surface area contributed by atoms with Crippen LogP contribution in [0.1, 0.15) is 34.1 Å². The Kier molecular flexibility index (Phi) is 10.7. The molecule has 1 rings (SSSR count). The zero-order valence-corrected chi connectivity index (χ0v) is 18.1. The smallest absolute Gasteiger partial charge is 0.191 e. The van der Waals surface area contributed by atoms with Crippen molar-refractivity contribution in [2.24, 2.45) is 10.9 Å². The molecule has 0 aliphatic carbocycles. The molecule has 2 unspecified atom stereocenters. The van der Waals surface area contributed by atoms with Crippen LogP contribution in [-0.2, 0) is 9.84 Å². The van der Waals surface area contributed by atoms with Gasteiger partial charge in [0, 0.05) is 44.5 Å². The second-order valence-electron chi connectivity index (χ2n) is 6.52. The van der Waals surface area contributed by atoms with Gasteiger partial charge in [-0.2, -0.15) is 0 Å². The maximum Gasteiger partial charge on any atom is 0.191 e. The fraction of sp³-hybridized carbons (Fsp3) is 0.933. The molecule has 0 aromatic rings. The van der Waals surface area contributed by atoms with Gasteiger partial charge >= 0.3 is 0 Å². The molecular weight excluding hydrogens is 427 g/mol. The van der Waals surface area contributed by atoms with Gasteiger partial charge in [0.05, 0.1) is 5.75 Å². The lowest BCUT2D eigenvalue weighted by molar-refractivity contribution is 0.265. The predicted molar refractivity (Wildman–Crippen MR) is 109 cm³/mol. The van der Waals surface area contributed by atoms with Gasteiger partial charge in [-0.15, -0.1) is 24.0 Å². The van der Waals surface area contributed by atoms with Crippen LogP contribution in [0.5, 0.6) is 0 Å². The van der Waals surface area contributed by atoms with Gasteiger partial charge in [-0.1, -0.05) is 6.92 Å². The number of halogens is 1. The molecule has 0 aromatic heterocycles. The Labute approximate surface area is 158 Å². The summed E-state index contributed by atoms with van der Waals surface area (Å²) in [6, 6.07) is 0.943. The highest BCUT2D eigenvalue weighted by Gasteiger charge is 2.31. The van der Waals surface area contributed by atoms with E-state index >= 15 is 0 Å². The third kappa shape index (κ3) is 9.09. The van der Waals surface area contributed by atoms with Crippen LogP contribution in [0.2, 0.25) is 0 Å². The van der Waals surface area contributed by atoms with Gasteiger partial charge in [0.15, 0.2) is 5.96 Å². The van der Waals surface area contributed by atoms with Crippen LogP contribution in [-0.4, -0.2) is 69.5 Å². The lowest BCUT2D eigenvalue weighted by Gasteiger charge is -2.21. The molecule has 2 N–H and O–H groups in total. The summed E-state index contributed by atoms with van der Waals surface area (Å²) in [6.07, 6.45) is 1.83. The van der Waals surface area contributed by atoms with E-state index in [9.17, 15) is 8.42 Å². The molecule has 1 aliphatic rings. The van der Waals surface area contributed by atoms with E-state index in [1.54, 1.807) is 0 Å². The number of nitrogens with one attached hydrogen (secondary N) is 2. The van der Waals surface area contributed by atoms with Crippen LogP contribution >= 0.6 is 24.0 Å². The highest BCUT2D eigenvalue weighted by molar-refractivity contribution is 14.0. The van der Waals surface area contributed by atoms with Gasteiger partial charge in [0.2, 0.25) is 0 Å². The maximum atomic E-state index is 11.1. The first-order valence-electron chi connectivity index (χ1n) is 8.19. The molecule has 1 saturated heterocycles. The molecule has 1 fully saturated rings. The van der Waals surface area contributed by atoms with Gasteiger partial charge in [-0.05, 0) is 33.1 Å². The van der Waals surface area contributed by atoms with Gasteiger partial charge in [0.25, 0.3) is 0 Å². The van der Waals surface area contributed by atoms with Crippen molar-refractivity contribution >= 4 is 39.8 Å². The van der Waals surface area contributed by atoms with Crippen LogP contribution in [0.15, 0.2) is 4.99 Å². The van der Waals surface area contributed by atoms with E-state index in [1.165, 1.54) is 6.26 Å². The molecule has 0 saturated carbocycles. The molecule has 138 valence electrons. The van der Waals surface area contributed by atoms with E-state index in [0.29, 0.717) is 31.0 Å². The molecular formula is C15H33IN4O2S. The van der Waals surface area contributed by atoms with Crippen molar-refractivity contribution in [1.82, 2.24) is 15.5 Å². The van der Waals surface area contributed by atoms with Crippen molar-refractivity contribution < 1.29 is 8.42 Å². The topological polar surface area (TPSA) is 73.8 Å². The van der Waals surface area contributed by atoms with Gasteiger partial charge in [0.1, 0.15) is 9.84 Å². The van der Waals surface area contributed by atoms with Crippen LogP contribution in [0, 0.1) is 5.92 Å². The molecule has 1 aliphatic heterocycles. The van der Waals surface area contributed by atoms with Crippen molar-refractivity contribution in [3.8, 4) is 0 Å². The lowest BCUT2D eigenvalue weighted by atomic mass is 10.1. The van der Waals surface area contributed by atoms with Crippen LogP contribution in [0.3, 0.4) is 0 Å². The van der Waals surface area contributed by atoms with Crippen LogP contribution in [0.25, 0.3) is 0 Å². The number of sulfone groups is 1. The fourth-order valence-corrected chi connectivity index (χ4v) is 3.28. The lowest BCUT2D eigenvalue weighted by Crippen LogP contribution is -2.46. The molecule has 8 heteroatoms. The molecule has 1 heterocycles. The number of likely N-dealkylation sites (tertiary alicyclic amines) is 1. The van der Waals surface area contributed by atoms with Crippen molar-refractivity contribution in [3.05, 3.63) is 0 Å².